The van der Waals surface area contributed by atoms with Gasteiger partial charge in [0.2, 0.25) is 0 Å². The smallest absolute Gasteiger partial charge is 0.328 e. The fraction of sp³-hybridized carbons (Fsp3) is 0.125. The molecule has 0 fully saturated rings. The second-order valence-electron chi connectivity index (χ2n) is 6.51. The van der Waals surface area contributed by atoms with E-state index in [4.69, 9.17) is 10.00 Å². The quantitative estimate of drug-likeness (QED) is 0.657. The van der Waals surface area contributed by atoms with Gasteiger partial charge in [-0.3, -0.25) is 4.79 Å². The van der Waals surface area contributed by atoms with E-state index in [1.54, 1.807) is 36.4 Å². The Morgan fingerprint density at radius 1 is 0.966 bits per heavy atom. The molecule has 5 heteroatoms. The van der Waals surface area contributed by atoms with E-state index in [1.165, 1.54) is 7.11 Å². The molecule has 3 rings (SSSR count). The molecular weight excluding hydrogens is 364 g/mol. The highest BCUT2D eigenvalue weighted by atomic mass is 16.5. The highest BCUT2D eigenvalue weighted by Gasteiger charge is 2.22. The molecule has 0 heterocycles. The molecule has 0 aromatic heterocycles. The predicted molar refractivity (Wildman–Crippen MR) is 110 cm³/mol. The van der Waals surface area contributed by atoms with Crippen molar-refractivity contribution in [3.05, 3.63) is 95.6 Å². The predicted octanol–water partition coefficient (Wildman–Crippen LogP) is 3.74. The lowest BCUT2D eigenvalue weighted by Crippen LogP contribution is -2.43. The van der Waals surface area contributed by atoms with Crippen molar-refractivity contribution in [2.45, 2.75) is 12.5 Å². The Kier molecular flexibility index (Phi) is 6.39. The van der Waals surface area contributed by atoms with Crippen molar-refractivity contribution >= 4 is 11.9 Å². The van der Waals surface area contributed by atoms with E-state index < -0.39 is 12.0 Å². The Morgan fingerprint density at radius 3 is 2.31 bits per heavy atom. The van der Waals surface area contributed by atoms with E-state index in [2.05, 4.69) is 11.4 Å². The van der Waals surface area contributed by atoms with Gasteiger partial charge < -0.3 is 10.1 Å². The van der Waals surface area contributed by atoms with E-state index in [9.17, 15) is 9.59 Å². The van der Waals surface area contributed by atoms with Gasteiger partial charge in [-0.25, -0.2) is 4.79 Å². The molecule has 3 aromatic carbocycles. The average Bonchev–Trinajstić information content (AvgIpc) is 2.79. The second kappa shape index (κ2) is 9.34. The van der Waals surface area contributed by atoms with Gasteiger partial charge in [-0.05, 0) is 41.0 Å². The van der Waals surface area contributed by atoms with Crippen LogP contribution >= 0.6 is 0 Å². The van der Waals surface area contributed by atoms with Gasteiger partial charge in [0.15, 0.2) is 0 Å². The number of benzene rings is 3. The lowest BCUT2D eigenvalue weighted by Gasteiger charge is -2.17. The molecule has 0 saturated heterocycles. The third-order valence-corrected chi connectivity index (χ3v) is 4.54. The largest absolute Gasteiger partial charge is 0.467 e. The zero-order chi connectivity index (χ0) is 20.6. The van der Waals surface area contributed by atoms with E-state index in [0.717, 1.165) is 16.7 Å². The number of ether oxygens (including phenoxy) is 1. The maximum Gasteiger partial charge on any atom is 0.328 e. The molecule has 1 N–H and O–H groups in total. The van der Waals surface area contributed by atoms with Gasteiger partial charge in [0.05, 0.1) is 18.7 Å². The van der Waals surface area contributed by atoms with Crippen LogP contribution < -0.4 is 5.32 Å². The number of methoxy groups -OCH3 is 1. The lowest BCUT2D eigenvalue weighted by atomic mass is 10.0. The average molecular weight is 384 g/mol. The zero-order valence-corrected chi connectivity index (χ0v) is 16.0. The Bertz CT molecular complexity index is 1040. The summed E-state index contributed by atoms with van der Waals surface area (Å²) in [5, 5.41) is 11.8. The molecule has 1 amide bonds. The summed E-state index contributed by atoms with van der Waals surface area (Å²) in [6.07, 6.45) is 0.232. The number of hydrogen-bond donors (Lipinski definition) is 1. The van der Waals surface area contributed by atoms with Crippen LogP contribution in [0, 0.1) is 11.3 Å². The Hall–Kier alpha value is -3.91. The Morgan fingerprint density at radius 2 is 1.66 bits per heavy atom. The SMILES string of the molecule is COC(=O)[C@@H](Cc1cccc(C#N)c1)NC(=O)c1ccc(-c2ccccc2)cc1. The highest BCUT2D eigenvalue weighted by molar-refractivity contribution is 5.97. The summed E-state index contributed by atoms with van der Waals surface area (Å²) in [5.74, 6) is -0.905. The van der Waals surface area contributed by atoms with Crippen LogP contribution in [-0.4, -0.2) is 25.0 Å². The number of amides is 1. The maximum atomic E-state index is 12.7. The molecule has 144 valence electrons. The first-order chi connectivity index (χ1) is 14.1. The Balaban J connectivity index is 1.74. The number of carbonyl (C=O) groups is 2. The molecule has 0 saturated carbocycles. The van der Waals surface area contributed by atoms with Crippen molar-refractivity contribution < 1.29 is 14.3 Å². The molecule has 0 bridgehead atoms. The van der Waals surface area contributed by atoms with Crippen LogP contribution in [0.25, 0.3) is 11.1 Å². The number of nitrogens with one attached hydrogen (secondary N) is 1. The highest BCUT2D eigenvalue weighted by Crippen LogP contribution is 2.19. The normalized spacial score (nSPS) is 11.2. The maximum absolute atomic E-state index is 12.7. The van der Waals surface area contributed by atoms with Crippen molar-refractivity contribution in [3.8, 4) is 17.2 Å². The molecule has 29 heavy (non-hydrogen) atoms. The van der Waals surface area contributed by atoms with Crippen molar-refractivity contribution in [1.29, 1.82) is 5.26 Å². The lowest BCUT2D eigenvalue weighted by molar-refractivity contribution is -0.142. The minimum absolute atomic E-state index is 0.232. The van der Waals surface area contributed by atoms with Crippen LogP contribution in [0.15, 0.2) is 78.9 Å². The van der Waals surface area contributed by atoms with Crippen molar-refractivity contribution in [2.75, 3.05) is 7.11 Å². The van der Waals surface area contributed by atoms with Crippen LogP contribution in [0.5, 0.6) is 0 Å². The first-order valence-corrected chi connectivity index (χ1v) is 9.14. The van der Waals surface area contributed by atoms with Gasteiger partial charge >= 0.3 is 5.97 Å². The van der Waals surface area contributed by atoms with E-state index in [0.29, 0.717) is 11.1 Å². The van der Waals surface area contributed by atoms with Gasteiger partial charge in [0, 0.05) is 12.0 Å². The standard InChI is InChI=1S/C24H20N2O3/c1-29-24(28)22(15-17-6-5-7-18(14-17)16-25)26-23(27)21-12-10-20(11-13-21)19-8-3-2-4-9-19/h2-14,22H,15H2,1H3,(H,26,27)/t22-/m1/s1. The molecular formula is C24H20N2O3. The molecule has 0 radical (unpaired) electrons. The minimum Gasteiger partial charge on any atom is -0.467 e. The van der Waals surface area contributed by atoms with Gasteiger partial charge in [-0.1, -0.05) is 54.6 Å². The third-order valence-electron chi connectivity index (χ3n) is 4.54. The van der Waals surface area contributed by atoms with E-state index >= 15 is 0 Å². The molecule has 0 spiro atoms. The first-order valence-electron chi connectivity index (χ1n) is 9.14. The monoisotopic (exact) mass is 384 g/mol. The van der Waals surface area contributed by atoms with Crippen LogP contribution in [0.4, 0.5) is 0 Å². The summed E-state index contributed by atoms with van der Waals surface area (Å²) in [4.78, 5) is 24.8. The van der Waals surface area contributed by atoms with Crippen molar-refractivity contribution in [1.82, 2.24) is 5.32 Å². The van der Waals surface area contributed by atoms with Gasteiger partial charge in [0.25, 0.3) is 5.91 Å². The van der Waals surface area contributed by atoms with Crippen LogP contribution in [-0.2, 0) is 16.0 Å². The summed E-state index contributed by atoms with van der Waals surface area (Å²) in [7, 11) is 1.28. The van der Waals surface area contributed by atoms with Crippen LogP contribution in [0.3, 0.4) is 0 Å². The van der Waals surface area contributed by atoms with Crippen molar-refractivity contribution in [2.24, 2.45) is 0 Å². The van der Waals surface area contributed by atoms with Crippen molar-refractivity contribution in [3.63, 3.8) is 0 Å². The number of esters is 1. The molecule has 3 aromatic rings. The second-order valence-corrected chi connectivity index (χ2v) is 6.51. The fourth-order valence-corrected chi connectivity index (χ4v) is 3.03. The number of hydrogen-bond acceptors (Lipinski definition) is 4. The van der Waals surface area contributed by atoms with Gasteiger partial charge in [0.1, 0.15) is 6.04 Å². The number of carbonyl (C=O) groups excluding carboxylic acids is 2. The van der Waals surface area contributed by atoms with Crippen LogP contribution in [0.2, 0.25) is 0 Å². The van der Waals surface area contributed by atoms with Crippen LogP contribution in [0.1, 0.15) is 21.5 Å². The number of nitrogens with zero attached hydrogens (tertiary/aromatic N) is 1. The molecule has 0 aliphatic heterocycles. The number of nitriles is 1. The summed E-state index contributed by atoms with van der Waals surface area (Å²) >= 11 is 0. The Labute approximate surface area is 169 Å². The summed E-state index contributed by atoms with van der Waals surface area (Å²) in [6.45, 7) is 0. The zero-order valence-electron chi connectivity index (χ0n) is 16.0. The number of rotatable bonds is 6. The summed E-state index contributed by atoms with van der Waals surface area (Å²) in [5.41, 5.74) is 3.77. The molecule has 0 unspecified atom stereocenters. The van der Waals surface area contributed by atoms with E-state index in [-0.39, 0.29) is 12.3 Å². The molecule has 0 aliphatic carbocycles. The third kappa shape index (κ3) is 5.08. The molecule has 0 aliphatic rings. The molecule has 1 atom stereocenters. The van der Waals surface area contributed by atoms with E-state index in [1.807, 2.05) is 42.5 Å². The first kappa shape index (κ1) is 19.8. The van der Waals surface area contributed by atoms with Gasteiger partial charge in [-0.2, -0.15) is 5.26 Å². The molecule has 5 nitrogen and oxygen atoms in total. The minimum atomic E-state index is -0.852. The fourth-order valence-electron chi connectivity index (χ4n) is 3.03. The van der Waals surface area contributed by atoms with Gasteiger partial charge in [-0.15, -0.1) is 0 Å². The summed E-state index contributed by atoms with van der Waals surface area (Å²) in [6, 6.07) is 25.2. The topological polar surface area (TPSA) is 79.2 Å². The summed E-state index contributed by atoms with van der Waals surface area (Å²) < 4.78 is 4.84.